The smallest absolute Gasteiger partial charge is 0.325 e. The van der Waals surface area contributed by atoms with E-state index in [4.69, 9.17) is 0 Å². The third-order valence-corrected chi connectivity index (χ3v) is 5.75. The number of urea groups is 1. The Morgan fingerprint density at radius 2 is 1.93 bits per heavy atom. The van der Waals surface area contributed by atoms with Crippen molar-refractivity contribution in [2.75, 3.05) is 18.4 Å². The van der Waals surface area contributed by atoms with Gasteiger partial charge in [0.25, 0.3) is 0 Å². The van der Waals surface area contributed by atoms with Crippen LogP contribution in [0.3, 0.4) is 0 Å². The number of hydrogen-bond acceptors (Lipinski definition) is 3. The monoisotopic (exact) mass is 404 g/mol. The Bertz CT molecular complexity index is 1040. The quantitative estimate of drug-likeness (QED) is 0.592. The van der Waals surface area contributed by atoms with E-state index in [1.165, 1.54) is 5.39 Å². The van der Waals surface area contributed by atoms with E-state index >= 15 is 0 Å². The van der Waals surface area contributed by atoms with Gasteiger partial charge in [-0.05, 0) is 62.4 Å². The van der Waals surface area contributed by atoms with Crippen LogP contribution in [0.2, 0.25) is 0 Å². The number of carbonyl (C=O) groups is 2. The second kappa shape index (κ2) is 8.71. The standard InChI is InChI=1S/C24H28N4O2/c1-16-10-11-19(17(2)13-16)26-24(30)27-23(29)15-28-12-6-5-9-22(28)21-14-18-7-3-4-8-20(18)25-21/h3-4,7-8,10-11,13-14,22,25H,5-6,9,12,15H2,1-2H3,(H2,26,27,29,30). The molecule has 0 radical (unpaired) electrons. The molecule has 3 amide bonds. The van der Waals surface area contributed by atoms with Crippen LogP contribution in [-0.2, 0) is 4.79 Å². The molecular formula is C24H28N4O2. The molecule has 1 unspecified atom stereocenters. The van der Waals surface area contributed by atoms with Crippen LogP contribution in [0.25, 0.3) is 10.9 Å². The molecule has 6 heteroatoms. The molecule has 156 valence electrons. The fraction of sp³-hybridized carbons (Fsp3) is 0.333. The van der Waals surface area contributed by atoms with Crippen molar-refractivity contribution in [2.45, 2.75) is 39.2 Å². The van der Waals surface area contributed by atoms with Crippen LogP contribution in [0.5, 0.6) is 0 Å². The summed E-state index contributed by atoms with van der Waals surface area (Å²) in [4.78, 5) is 30.5. The number of anilines is 1. The van der Waals surface area contributed by atoms with Crippen LogP contribution in [0.15, 0.2) is 48.5 Å². The van der Waals surface area contributed by atoms with Crippen LogP contribution in [0.1, 0.15) is 42.1 Å². The molecule has 0 saturated carbocycles. The summed E-state index contributed by atoms with van der Waals surface area (Å²) in [5.41, 5.74) is 5.04. The summed E-state index contributed by atoms with van der Waals surface area (Å²) in [6.45, 7) is 4.97. The van der Waals surface area contributed by atoms with Crippen molar-refractivity contribution in [1.82, 2.24) is 15.2 Å². The van der Waals surface area contributed by atoms with Gasteiger partial charge in [0.15, 0.2) is 0 Å². The van der Waals surface area contributed by atoms with Crippen LogP contribution < -0.4 is 10.6 Å². The number of benzene rings is 2. The molecule has 1 aromatic heterocycles. The van der Waals surface area contributed by atoms with Crippen LogP contribution >= 0.6 is 0 Å². The number of nitrogens with one attached hydrogen (secondary N) is 3. The van der Waals surface area contributed by atoms with Crippen molar-refractivity contribution in [3.8, 4) is 0 Å². The highest BCUT2D eigenvalue weighted by Crippen LogP contribution is 2.32. The second-order valence-electron chi connectivity index (χ2n) is 8.11. The van der Waals surface area contributed by atoms with E-state index in [-0.39, 0.29) is 18.5 Å². The number of piperidine rings is 1. The Kier molecular flexibility index (Phi) is 5.86. The van der Waals surface area contributed by atoms with Gasteiger partial charge >= 0.3 is 6.03 Å². The molecule has 0 aliphatic carbocycles. The molecule has 0 spiro atoms. The number of nitrogens with zero attached hydrogens (tertiary/aromatic N) is 1. The van der Waals surface area contributed by atoms with Crippen molar-refractivity contribution in [2.24, 2.45) is 0 Å². The molecule has 0 bridgehead atoms. The highest BCUT2D eigenvalue weighted by atomic mass is 16.2. The van der Waals surface area contributed by atoms with E-state index in [1.54, 1.807) is 0 Å². The number of aromatic amines is 1. The lowest BCUT2D eigenvalue weighted by Gasteiger charge is -2.34. The maximum absolute atomic E-state index is 12.6. The van der Waals surface area contributed by atoms with E-state index in [0.29, 0.717) is 5.69 Å². The number of para-hydroxylation sites is 1. The average molecular weight is 405 g/mol. The largest absolute Gasteiger partial charge is 0.357 e. The Hall–Kier alpha value is -3.12. The minimum atomic E-state index is -0.494. The second-order valence-corrected chi connectivity index (χ2v) is 8.11. The van der Waals surface area contributed by atoms with Gasteiger partial charge in [0.1, 0.15) is 0 Å². The van der Waals surface area contributed by atoms with Crippen molar-refractivity contribution in [1.29, 1.82) is 0 Å². The normalized spacial score (nSPS) is 17.1. The van der Waals surface area contributed by atoms with Crippen LogP contribution in [0, 0.1) is 13.8 Å². The van der Waals surface area contributed by atoms with E-state index in [1.807, 2.05) is 44.2 Å². The van der Waals surface area contributed by atoms with Gasteiger partial charge < -0.3 is 10.3 Å². The Morgan fingerprint density at radius 1 is 1.10 bits per heavy atom. The highest BCUT2D eigenvalue weighted by molar-refractivity contribution is 6.02. The minimum Gasteiger partial charge on any atom is -0.357 e. The lowest BCUT2D eigenvalue weighted by atomic mass is 9.99. The number of H-pyrrole nitrogens is 1. The molecular weight excluding hydrogens is 376 g/mol. The molecule has 1 saturated heterocycles. The van der Waals surface area contributed by atoms with Gasteiger partial charge in [0.05, 0.1) is 12.6 Å². The Balaban J connectivity index is 1.40. The van der Waals surface area contributed by atoms with E-state index in [0.717, 1.165) is 48.1 Å². The first-order chi connectivity index (χ1) is 14.5. The van der Waals surface area contributed by atoms with Gasteiger partial charge in [0.2, 0.25) is 5.91 Å². The first-order valence-corrected chi connectivity index (χ1v) is 10.5. The minimum absolute atomic E-state index is 0.152. The van der Waals surface area contributed by atoms with Gasteiger partial charge in [-0.25, -0.2) is 4.79 Å². The summed E-state index contributed by atoms with van der Waals surface area (Å²) >= 11 is 0. The molecule has 1 aliphatic heterocycles. The first kappa shape index (κ1) is 20.2. The third-order valence-electron chi connectivity index (χ3n) is 5.75. The summed E-state index contributed by atoms with van der Waals surface area (Å²) in [6.07, 6.45) is 3.18. The zero-order valence-electron chi connectivity index (χ0n) is 17.5. The SMILES string of the molecule is Cc1ccc(NC(=O)NC(=O)CN2CCCCC2c2cc3ccccc3[nH]2)c(C)c1. The number of fused-ring (bicyclic) bond motifs is 1. The third kappa shape index (κ3) is 4.54. The Morgan fingerprint density at radius 3 is 2.73 bits per heavy atom. The number of carbonyl (C=O) groups excluding carboxylic acids is 2. The number of rotatable bonds is 4. The summed E-state index contributed by atoms with van der Waals surface area (Å²) in [6, 6.07) is 15.8. The Labute approximate surface area is 176 Å². The molecule has 3 aromatic rings. The van der Waals surface area contributed by atoms with Crippen molar-refractivity contribution in [3.63, 3.8) is 0 Å². The zero-order chi connectivity index (χ0) is 21.1. The molecule has 2 aromatic carbocycles. The van der Waals surface area contributed by atoms with Gasteiger partial charge in [-0.15, -0.1) is 0 Å². The van der Waals surface area contributed by atoms with Gasteiger partial charge in [-0.3, -0.25) is 15.0 Å². The zero-order valence-corrected chi connectivity index (χ0v) is 17.5. The number of aromatic nitrogens is 1. The van der Waals surface area contributed by atoms with E-state index in [9.17, 15) is 9.59 Å². The predicted molar refractivity (Wildman–Crippen MR) is 120 cm³/mol. The van der Waals surface area contributed by atoms with E-state index in [2.05, 4.69) is 38.7 Å². The lowest BCUT2D eigenvalue weighted by molar-refractivity contribution is -0.122. The maximum atomic E-state index is 12.6. The van der Waals surface area contributed by atoms with Gasteiger partial charge in [-0.1, -0.05) is 42.3 Å². The molecule has 3 N–H and O–H groups in total. The number of likely N-dealkylation sites (tertiary alicyclic amines) is 1. The summed E-state index contributed by atoms with van der Waals surface area (Å²) < 4.78 is 0. The number of amides is 3. The van der Waals surface area contributed by atoms with Crippen molar-refractivity contribution >= 4 is 28.5 Å². The first-order valence-electron chi connectivity index (χ1n) is 10.5. The maximum Gasteiger partial charge on any atom is 0.325 e. The number of aryl methyl sites for hydroxylation is 2. The fourth-order valence-electron chi connectivity index (χ4n) is 4.27. The molecule has 1 aliphatic rings. The summed E-state index contributed by atoms with van der Waals surface area (Å²) in [7, 11) is 0. The summed E-state index contributed by atoms with van der Waals surface area (Å²) in [5.74, 6) is -0.291. The molecule has 1 atom stereocenters. The van der Waals surface area contributed by atoms with E-state index < -0.39 is 6.03 Å². The number of hydrogen-bond donors (Lipinski definition) is 3. The van der Waals surface area contributed by atoms with Crippen LogP contribution in [0.4, 0.5) is 10.5 Å². The molecule has 1 fully saturated rings. The van der Waals surface area contributed by atoms with Gasteiger partial charge in [-0.2, -0.15) is 0 Å². The number of imide groups is 1. The predicted octanol–water partition coefficient (Wildman–Crippen LogP) is 4.66. The topological polar surface area (TPSA) is 77.2 Å². The lowest BCUT2D eigenvalue weighted by Crippen LogP contribution is -2.44. The molecule has 30 heavy (non-hydrogen) atoms. The molecule has 6 nitrogen and oxygen atoms in total. The highest BCUT2D eigenvalue weighted by Gasteiger charge is 2.27. The van der Waals surface area contributed by atoms with Crippen molar-refractivity contribution < 1.29 is 9.59 Å². The van der Waals surface area contributed by atoms with Crippen LogP contribution in [-0.4, -0.2) is 34.9 Å². The molecule has 2 heterocycles. The fourth-order valence-corrected chi connectivity index (χ4v) is 4.27. The van der Waals surface area contributed by atoms with Crippen molar-refractivity contribution in [3.05, 3.63) is 65.4 Å². The average Bonchev–Trinajstić information content (AvgIpc) is 3.14. The summed E-state index contributed by atoms with van der Waals surface area (Å²) in [5, 5.41) is 6.42. The van der Waals surface area contributed by atoms with Gasteiger partial charge in [0, 0.05) is 16.9 Å². The molecule has 4 rings (SSSR count).